The molecule has 3 nitrogen and oxygen atoms in total. The second-order valence-electron chi connectivity index (χ2n) is 5.01. The first-order valence-corrected chi connectivity index (χ1v) is 6.31. The van der Waals surface area contributed by atoms with E-state index in [0.29, 0.717) is 12.1 Å². The number of rotatable bonds is 4. The molecular formula is C14H18FNO2. The van der Waals surface area contributed by atoms with Gasteiger partial charge in [0.05, 0.1) is 12.0 Å². The number of hydrogen-bond donors (Lipinski definition) is 2. The van der Waals surface area contributed by atoms with Crippen LogP contribution in [-0.2, 0) is 11.2 Å². The lowest BCUT2D eigenvalue weighted by atomic mass is 10.0. The maximum absolute atomic E-state index is 12.9. The Bertz CT molecular complexity index is 428. The summed E-state index contributed by atoms with van der Waals surface area (Å²) < 4.78 is 12.9. The van der Waals surface area contributed by atoms with Gasteiger partial charge in [-0.15, -0.1) is 0 Å². The topological polar surface area (TPSA) is 49.3 Å². The third-order valence-electron chi connectivity index (χ3n) is 3.40. The summed E-state index contributed by atoms with van der Waals surface area (Å²) in [6.07, 6.45) is 3.65. The van der Waals surface area contributed by atoms with Crippen molar-refractivity contribution in [2.24, 2.45) is 0 Å². The predicted octanol–water partition coefficient (Wildman–Crippen LogP) is 1.79. The molecule has 18 heavy (non-hydrogen) atoms. The molecule has 2 N–H and O–H groups in total. The highest BCUT2D eigenvalue weighted by Gasteiger charge is 2.31. The van der Waals surface area contributed by atoms with Gasteiger partial charge in [-0.2, -0.15) is 0 Å². The van der Waals surface area contributed by atoms with Crippen LogP contribution in [0.2, 0.25) is 0 Å². The highest BCUT2D eigenvalue weighted by Crippen LogP contribution is 2.28. The van der Waals surface area contributed by atoms with Crippen molar-refractivity contribution >= 4 is 5.91 Å². The Morgan fingerprint density at radius 1 is 1.39 bits per heavy atom. The summed E-state index contributed by atoms with van der Waals surface area (Å²) in [6, 6.07) is 6.00. The van der Waals surface area contributed by atoms with Crippen LogP contribution < -0.4 is 5.32 Å². The van der Waals surface area contributed by atoms with E-state index in [1.54, 1.807) is 12.1 Å². The van der Waals surface area contributed by atoms with Gasteiger partial charge in [-0.05, 0) is 30.5 Å². The normalized spacial score (nSPS) is 17.7. The summed E-state index contributed by atoms with van der Waals surface area (Å²) in [4.78, 5) is 11.7. The number of halogens is 1. The standard InChI is InChI=1S/C14H18FNO2/c15-12-5-3-4-11(8-12)9-13(17)16-10-14(18)6-1-2-7-14/h3-5,8,18H,1-2,6-7,9-10H2,(H,16,17). The minimum absolute atomic E-state index is 0.147. The molecule has 1 aromatic rings. The molecule has 1 aliphatic carbocycles. The monoisotopic (exact) mass is 251 g/mol. The zero-order valence-corrected chi connectivity index (χ0v) is 10.3. The van der Waals surface area contributed by atoms with Gasteiger partial charge in [0.2, 0.25) is 5.91 Å². The lowest BCUT2D eigenvalue weighted by Crippen LogP contribution is -2.41. The Kier molecular flexibility index (Phi) is 3.97. The van der Waals surface area contributed by atoms with Crippen molar-refractivity contribution in [3.8, 4) is 0 Å². The lowest BCUT2D eigenvalue weighted by molar-refractivity contribution is -0.121. The summed E-state index contributed by atoms with van der Waals surface area (Å²) >= 11 is 0. The first kappa shape index (κ1) is 13.0. The first-order chi connectivity index (χ1) is 8.57. The van der Waals surface area contributed by atoms with E-state index in [-0.39, 0.29) is 18.1 Å². The molecule has 0 saturated heterocycles. The fourth-order valence-corrected chi connectivity index (χ4v) is 2.37. The average Bonchev–Trinajstić information content (AvgIpc) is 2.74. The van der Waals surface area contributed by atoms with Crippen LogP contribution in [0.1, 0.15) is 31.2 Å². The van der Waals surface area contributed by atoms with Crippen LogP contribution in [0.15, 0.2) is 24.3 Å². The largest absolute Gasteiger partial charge is 0.388 e. The second-order valence-corrected chi connectivity index (χ2v) is 5.01. The summed E-state index contributed by atoms with van der Waals surface area (Å²) in [5.74, 6) is -0.518. The summed E-state index contributed by atoms with van der Waals surface area (Å²) in [6.45, 7) is 0.293. The Balaban J connectivity index is 1.82. The summed E-state index contributed by atoms with van der Waals surface area (Å²) in [5.41, 5.74) is -0.0941. The zero-order chi connectivity index (χ0) is 13.0. The molecule has 1 amide bonds. The van der Waals surface area contributed by atoms with Gasteiger partial charge in [0.25, 0.3) is 0 Å². The number of amides is 1. The van der Waals surface area contributed by atoms with Crippen molar-refractivity contribution in [3.05, 3.63) is 35.6 Å². The van der Waals surface area contributed by atoms with Crippen molar-refractivity contribution in [2.45, 2.75) is 37.7 Å². The maximum atomic E-state index is 12.9. The van der Waals surface area contributed by atoms with Gasteiger partial charge in [0.15, 0.2) is 0 Å². The molecule has 0 aliphatic heterocycles. The van der Waals surface area contributed by atoms with Gasteiger partial charge < -0.3 is 10.4 Å². The summed E-state index contributed by atoms with van der Waals surface area (Å²) in [7, 11) is 0. The van der Waals surface area contributed by atoms with Gasteiger partial charge in [-0.25, -0.2) is 4.39 Å². The fourth-order valence-electron chi connectivity index (χ4n) is 2.37. The molecule has 0 unspecified atom stereocenters. The number of carbonyl (C=O) groups is 1. The van der Waals surface area contributed by atoms with Crippen LogP contribution in [-0.4, -0.2) is 23.2 Å². The number of carbonyl (C=O) groups excluding carboxylic acids is 1. The Morgan fingerprint density at radius 2 is 2.11 bits per heavy atom. The maximum Gasteiger partial charge on any atom is 0.224 e. The minimum Gasteiger partial charge on any atom is -0.388 e. The SMILES string of the molecule is O=C(Cc1cccc(F)c1)NCC1(O)CCCC1. The molecule has 4 heteroatoms. The molecule has 0 heterocycles. The number of hydrogen-bond acceptors (Lipinski definition) is 2. The lowest BCUT2D eigenvalue weighted by Gasteiger charge is -2.22. The van der Waals surface area contributed by atoms with Crippen molar-refractivity contribution in [3.63, 3.8) is 0 Å². The molecular weight excluding hydrogens is 233 g/mol. The first-order valence-electron chi connectivity index (χ1n) is 6.31. The fraction of sp³-hybridized carbons (Fsp3) is 0.500. The van der Waals surface area contributed by atoms with E-state index in [4.69, 9.17) is 0 Å². The third-order valence-corrected chi connectivity index (χ3v) is 3.40. The van der Waals surface area contributed by atoms with Gasteiger partial charge in [-0.3, -0.25) is 4.79 Å². The molecule has 0 radical (unpaired) electrons. The van der Waals surface area contributed by atoms with E-state index in [1.807, 2.05) is 0 Å². The number of nitrogens with one attached hydrogen (secondary N) is 1. The highest BCUT2D eigenvalue weighted by molar-refractivity contribution is 5.78. The van der Waals surface area contributed by atoms with Crippen molar-refractivity contribution in [1.82, 2.24) is 5.32 Å². The van der Waals surface area contributed by atoms with Crippen LogP contribution in [0.3, 0.4) is 0 Å². The van der Waals surface area contributed by atoms with E-state index in [1.165, 1.54) is 12.1 Å². The molecule has 1 fully saturated rings. The van der Waals surface area contributed by atoms with E-state index in [9.17, 15) is 14.3 Å². The molecule has 2 rings (SSSR count). The number of aliphatic hydroxyl groups is 1. The Hall–Kier alpha value is -1.42. The van der Waals surface area contributed by atoms with E-state index in [0.717, 1.165) is 25.7 Å². The van der Waals surface area contributed by atoms with Crippen LogP contribution in [0, 0.1) is 5.82 Å². The summed E-state index contributed by atoms with van der Waals surface area (Å²) in [5, 5.41) is 12.8. The van der Waals surface area contributed by atoms with Gasteiger partial charge in [0, 0.05) is 6.54 Å². The molecule has 98 valence electrons. The molecule has 0 spiro atoms. The quantitative estimate of drug-likeness (QED) is 0.857. The molecule has 1 saturated carbocycles. The van der Waals surface area contributed by atoms with Crippen molar-refractivity contribution in [2.75, 3.05) is 6.54 Å². The molecule has 1 aromatic carbocycles. The Labute approximate surface area is 106 Å². The van der Waals surface area contributed by atoms with Gasteiger partial charge in [-0.1, -0.05) is 25.0 Å². The molecule has 1 aliphatic rings. The van der Waals surface area contributed by atoms with Gasteiger partial charge >= 0.3 is 0 Å². The zero-order valence-electron chi connectivity index (χ0n) is 10.3. The van der Waals surface area contributed by atoms with Crippen LogP contribution in [0.25, 0.3) is 0 Å². The molecule has 0 aromatic heterocycles. The minimum atomic E-state index is -0.738. The molecule has 0 bridgehead atoms. The van der Waals surface area contributed by atoms with E-state index >= 15 is 0 Å². The highest BCUT2D eigenvalue weighted by atomic mass is 19.1. The van der Waals surface area contributed by atoms with Crippen LogP contribution in [0.4, 0.5) is 4.39 Å². The van der Waals surface area contributed by atoms with Crippen molar-refractivity contribution < 1.29 is 14.3 Å². The average molecular weight is 251 g/mol. The smallest absolute Gasteiger partial charge is 0.224 e. The van der Waals surface area contributed by atoms with Crippen LogP contribution >= 0.6 is 0 Å². The van der Waals surface area contributed by atoms with E-state index in [2.05, 4.69) is 5.32 Å². The van der Waals surface area contributed by atoms with E-state index < -0.39 is 5.60 Å². The predicted molar refractivity (Wildman–Crippen MR) is 66.5 cm³/mol. The Morgan fingerprint density at radius 3 is 2.78 bits per heavy atom. The van der Waals surface area contributed by atoms with Crippen LogP contribution in [0.5, 0.6) is 0 Å². The third kappa shape index (κ3) is 3.53. The van der Waals surface area contributed by atoms with Crippen molar-refractivity contribution in [1.29, 1.82) is 0 Å². The molecule has 0 atom stereocenters. The number of benzene rings is 1. The van der Waals surface area contributed by atoms with Gasteiger partial charge in [0.1, 0.15) is 5.82 Å². The second kappa shape index (κ2) is 5.48.